The molecule has 0 saturated carbocycles. The number of hydrogen-bond donors (Lipinski definition) is 2. The largest absolute Gasteiger partial charge is 0.308 e. The summed E-state index contributed by atoms with van der Waals surface area (Å²) < 4.78 is 3.30. The summed E-state index contributed by atoms with van der Waals surface area (Å²) in [5.74, 6) is 0.375. The number of anilines is 1. The van der Waals surface area contributed by atoms with Gasteiger partial charge in [0, 0.05) is 21.8 Å². The fourth-order valence-electron chi connectivity index (χ4n) is 3.46. The fraction of sp³-hybridized carbons (Fsp3) is 0.130. The van der Waals surface area contributed by atoms with Crippen molar-refractivity contribution in [2.45, 2.75) is 18.6 Å². The Morgan fingerprint density at radius 3 is 2.72 bits per heavy atom. The van der Waals surface area contributed by atoms with E-state index in [-0.39, 0.29) is 17.2 Å². The maximum atomic E-state index is 13.5. The molecule has 0 radical (unpaired) electrons. The molecule has 0 fully saturated rings. The Morgan fingerprint density at radius 2 is 1.94 bits per heavy atom. The van der Waals surface area contributed by atoms with Gasteiger partial charge in [0.05, 0.1) is 17.8 Å². The highest BCUT2D eigenvalue weighted by Gasteiger charge is 2.18. The third kappa shape index (κ3) is 4.04. The number of benzene rings is 2. The van der Waals surface area contributed by atoms with Gasteiger partial charge in [-0.3, -0.25) is 19.3 Å². The van der Waals surface area contributed by atoms with Gasteiger partial charge in [0.1, 0.15) is 4.70 Å². The molecule has 0 bridgehead atoms. The van der Waals surface area contributed by atoms with Gasteiger partial charge < -0.3 is 5.32 Å². The highest BCUT2D eigenvalue weighted by Crippen LogP contribution is 2.32. The zero-order chi connectivity index (χ0) is 22.1. The van der Waals surface area contributed by atoms with Gasteiger partial charge >= 0.3 is 0 Å². The van der Waals surface area contributed by atoms with Crippen molar-refractivity contribution < 1.29 is 4.79 Å². The van der Waals surface area contributed by atoms with Crippen molar-refractivity contribution in [2.24, 2.45) is 0 Å². The highest BCUT2D eigenvalue weighted by atomic mass is 32.2. The average molecular weight is 462 g/mol. The summed E-state index contributed by atoms with van der Waals surface area (Å²) in [6, 6.07) is 19.4. The van der Waals surface area contributed by atoms with Crippen LogP contribution in [0.5, 0.6) is 0 Å². The molecule has 2 aromatic carbocycles. The molecule has 0 saturated heterocycles. The van der Waals surface area contributed by atoms with Crippen molar-refractivity contribution >= 4 is 55.1 Å². The van der Waals surface area contributed by atoms with E-state index in [0.29, 0.717) is 27.7 Å². The van der Waals surface area contributed by atoms with Gasteiger partial charge in [-0.05, 0) is 18.6 Å². The molecule has 7 nitrogen and oxygen atoms in total. The lowest BCUT2D eigenvalue weighted by Gasteiger charge is -2.12. The van der Waals surface area contributed by atoms with Gasteiger partial charge in [-0.15, -0.1) is 11.3 Å². The zero-order valence-corrected chi connectivity index (χ0v) is 18.8. The second-order valence-electron chi connectivity index (χ2n) is 7.32. The lowest BCUT2D eigenvalue weighted by atomic mass is 10.2. The number of hydrogen-bond acceptors (Lipinski definition) is 6. The van der Waals surface area contributed by atoms with Crippen LogP contribution in [-0.4, -0.2) is 31.4 Å². The van der Waals surface area contributed by atoms with Gasteiger partial charge in [0.15, 0.2) is 11.0 Å². The molecule has 5 rings (SSSR count). The highest BCUT2D eigenvalue weighted by molar-refractivity contribution is 7.99. The van der Waals surface area contributed by atoms with Crippen molar-refractivity contribution in [3.05, 3.63) is 82.3 Å². The van der Waals surface area contributed by atoms with Crippen LogP contribution >= 0.6 is 23.1 Å². The number of rotatable bonds is 6. The molecule has 0 aliphatic rings. The van der Waals surface area contributed by atoms with Crippen LogP contribution in [0.1, 0.15) is 11.3 Å². The Balaban J connectivity index is 1.52. The third-order valence-electron chi connectivity index (χ3n) is 4.94. The molecule has 0 atom stereocenters. The monoisotopic (exact) mass is 461 g/mol. The van der Waals surface area contributed by atoms with E-state index in [9.17, 15) is 9.59 Å². The second-order valence-corrected chi connectivity index (χ2v) is 9.31. The Kier molecular flexibility index (Phi) is 5.50. The van der Waals surface area contributed by atoms with Crippen molar-refractivity contribution in [1.29, 1.82) is 0 Å². The van der Waals surface area contributed by atoms with Gasteiger partial charge in [-0.2, -0.15) is 5.10 Å². The normalized spacial score (nSPS) is 11.3. The summed E-state index contributed by atoms with van der Waals surface area (Å²) in [4.78, 5) is 30.8. The summed E-state index contributed by atoms with van der Waals surface area (Å²) in [6.07, 6.45) is 0. The van der Waals surface area contributed by atoms with E-state index in [4.69, 9.17) is 4.98 Å². The molecule has 0 unspecified atom stereocenters. The van der Waals surface area contributed by atoms with Crippen LogP contribution in [0.3, 0.4) is 0 Å². The number of nitrogens with zero attached hydrogens (tertiary/aromatic N) is 3. The summed E-state index contributed by atoms with van der Waals surface area (Å²) in [7, 11) is 0. The van der Waals surface area contributed by atoms with Gasteiger partial charge in [0.25, 0.3) is 5.56 Å². The third-order valence-corrected chi connectivity index (χ3v) is 7.06. The van der Waals surface area contributed by atoms with E-state index in [1.54, 1.807) is 10.6 Å². The predicted molar refractivity (Wildman–Crippen MR) is 130 cm³/mol. The van der Waals surface area contributed by atoms with Crippen LogP contribution in [-0.2, 0) is 11.3 Å². The molecule has 32 heavy (non-hydrogen) atoms. The first kappa shape index (κ1) is 20.5. The van der Waals surface area contributed by atoms with Gasteiger partial charge in [-0.25, -0.2) is 4.98 Å². The number of aromatic amines is 1. The van der Waals surface area contributed by atoms with Crippen molar-refractivity contribution in [1.82, 2.24) is 19.7 Å². The quantitative estimate of drug-likeness (QED) is 0.288. The minimum Gasteiger partial charge on any atom is -0.308 e. The van der Waals surface area contributed by atoms with Crippen LogP contribution in [0, 0.1) is 6.92 Å². The lowest BCUT2D eigenvalue weighted by Crippen LogP contribution is -2.24. The number of aromatic nitrogens is 4. The summed E-state index contributed by atoms with van der Waals surface area (Å²) in [5.41, 5.74) is 2.45. The molecule has 3 aromatic heterocycles. The van der Waals surface area contributed by atoms with Crippen molar-refractivity contribution in [3.8, 4) is 0 Å². The molecule has 9 heteroatoms. The SMILES string of the molecule is Cc1cc(NC(=O)CSc2nc3c(sc4ccccc43)c(=O)n2Cc2ccccc2)n[nH]1. The van der Waals surface area contributed by atoms with Crippen LogP contribution in [0.4, 0.5) is 5.82 Å². The Labute approximate surface area is 191 Å². The molecule has 1 amide bonds. The standard InChI is InChI=1S/C23H19N5O2S2/c1-14-11-18(27-26-14)24-19(29)13-31-23-25-20-16-9-5-6-10-17(16)32-21(20)22(30)28(23)12-15-7-3-2-4-8-15/h2-11H,12-13H2,1H3,(H2,24,26,27,29). The van der Waals surface area contributed by atoms with E-state index in [0.717, 1.165) is 21.3 Å². The number of carbonyl (C=O) groups is 1. The maximum absolute atomic E-state index is 13.5. The molecule has 0 aliphatic heterocycles. The molecular formula is C23H19N5O2S2. The minimum absolute atomic E-state index is 0.0918. The number of H-pyrrole nitrogens is 1. The first-order valence-electron chi connectivity index (χ1n) is 9.99. The van der Waals surface area contributed by atoms with Crippen LogP contribution in [0.2, 0.25) is 0 Å². The van der Waals surface area contributed by atoms with Gasteiger partial charge in [-0.1, -0.05) is 60.3 Å². The smallest absolute Gasteiger partial charge is 0.272 e. The minimum atomic E-state index is -0.211. The van der Waals surface area contributed by atoms with Crippen LogP contribution in [0.25, 0.3) is 20.3 Å². The molecular weight excluding hydrogens is 442 g/mol. The summed E-state index contributed by atoms with van der Waals surface area (Å²) >= 11 is 2.70. The topological polar surface area (TPSA) is 92.7 Å². The Bertz CT molecular complexity index is 1490. The summed E-state index contributed by atoms with van der Waals surface area (Å²) in [6.45, 7) is 2.25. The van der Waals surface area contributed by atoms with E-state index in [1.807, 2.05) is 61.5 Å². The maximum Gasteiger partial charge on any atom is 0.272 e. The second kappa shape index (κ2) is 8.60. The average Bonchev–Trinajstić information content (AvgIpc) is 3.38. The van der Waals surface area contributed by atoms with Crippen molar-refractivity contribution in [2.75, 3.05) is 11.1 Å². The summed E-state index contributed by atoms with van der Waals surface area (Å²) in [5, 5.41) is 11.1. The number of aryl methyl sites for hydroxylation is 1. The number of fused-ring (bicyclic) bond motifs is 3. The van der Waals surface area contributed by atoms with E-state index in [2.05, 4.69) is 15.5 Å². The number of carbonyl (C=O) groups excluding carboxylic acids is 1. The lowest BCUT2D eigenvalue weighted by molar-refractivity contribution is -0.113. The molecule has 3 heterocycles. The van der Waals surface area contributed by atoms with Crippen molar-refractivity contribution in [3.63, 3.8) is 0 Å². The zero-order valence-electron chi connectivity index (χ0n) is 17.2. The molecule has 160 valence electrons. The first-order valence-corrected chi connectivity index (χ1v) is 11.8. The molecule has 2 N–H and O–H groups in total. The van der Waals surface area contributed by atoms with Crippen LogP contribution < -0.4 is 10.9 Å². The van der Waals surface area contributed by atoms with Crippen LogP contribution in [0.15, 0.2) is 70.6 Å². The Morgan fingerprint density at radius 1 is 1.16 bits per heavy atom. The molecule has 0 aliphatic carbocycles. The number of nitrogens with one attached hydrogen (secondary N) is 2. The number of amides is 1. The Hall–Kier alpha value is -3.43. The molecule has 5 aromatic rings. The van der Waals surface area contributed by atoms with E-state index < -0.39 is 0 Å². The fourth-order valence-corrected chi connectivity index (χ4v) is 5.34. The predicted octanol–water partition coefficient (Wildman–Crippen LogP) is 4.42. The van der Waals surface area contributed by atoms with E-state index in [1.165, 1.54) is 23.1 Å². The molecule has 0 spiro atoms. The number of thioether (sulfide) groups is 1. The van der Waals surface area contributed by atoms with Gasteiger partial charge in [0.2, 0.25) is 5.91 Å². The number of thiophene rings is 1. The van der Waals surface area contributed by atoms with E-state index >= 15 is 0 Å². The first-order chi connectivity index (χ1) is 15.6.